The van der Waals surface area contributed by atoms with Crippen molar-refractivity contribution < 1.29 is 4.74 Å². The van der Waals surface area contributed by atoms with Gasteiger partial charge in [0.1, 0.15) is 5.75 Å². The van der Waals surface area contributed by atoms with Crippen LogP contribution in [0, 0.1) is 11.8 Å². The van der Waals surface area contributed by atoms with E-state index in [2.05, 4.69) is 44.9 Å². The quantitative estimate of drug-likeness (QED) is 0.807. The second-order valence-corrected chi connectivity index (χ2v) is 8.66. The summed E-state index contributed by atoms with van der Waals surface area (Å²) in [6, 6.07) is 5.00. The number of aromatic amines is 1. The summed E-state index contributed by atoms with van der Waals surface area (Å²) in [6.45, 7) is 4.91. The smallest absolute Gasteiger partial charge is 0.133 e. The van der Waals surface area contributed by atoms with E-state index in [-0.39, 0.29) is 0 Å². The van der Waals surface area contributed by atoms with Gasteiger partial charge in [-0.05, 0) is 64.7 Å². The number of fused-ring (bicyclic) bond motifs is 4. The first-order chi connectivity index (χ1) is 11.7. The summed E-state index contributed by atoms with van der Waals surface area (Å²) in [6.07, 6.45) is 5.28. The zero-order chi connectivity index (χ0) is 16.4. The average molecular weight is 389 g/mol. The lowest BCUT2D eigenvalue weighted by Gasteiger charge is -2.53. The molecule has 1 N–H and O–H groups in total. The molecule has 3 aliphatic heterocycles. The molecule has 5 atom stereocenters. The maximum absolute atomic E-state index is 5.54. The molecule has 1 aliphatic carbocycles. The number of rotatable bonds is 2. The van der Waals surface area contributed by atoms with E-state index in [0.717, 1.165) is 34.5 Å². The number of piperidine rings is 2. The third-order valence-corrected chi connectivity index (χ3v) is 7.59. The van der Waals surface area contributed by atoms with Crippen LogP contribution in [0.25, 0.3) is 10.9 Å². The van der Waals surface area contributed by atoms with Gasteiger partial charge in [-0.2, -0.15) is 0 Å². The van der Waals surface area contributed by atoms with E-state index in [1.165, 1.54) is 54.5 Å². The van der Waals surface area contributed by atoms with Gasteiger partial charge >= 0.3 is 0 Å². The lowest BCUT2D eigenvalue weighted by Crippen LogP contribution is -2.56. The van der Waals surface area contributed by atoms with Crippen LogP contribution in [0.3, 0.4) is 0 Å². The molecule has 24 heavy (non-hydrogen) atoms. The molecule has 3 nitrogen and oxygen atoms in total. The summed E-state index contributed by atoms with van der Waals surface area (Å²) in [5.41, 5.74) is 4.32. The van der Waals surface area contributed by atoms with Gasteiger partial charge in [-0.25, -0.2) is 0 Å². The molecule has 1 aromatic carbocycles. The van der Waals surface area contributed by atoms with Crippen molar-refractivity contribution in [3.8, 4) is 5.75 Å². The Morgan fingerprint density at radius 2 is 2.21 bits per heavy atom. The third kappa shape index (κ3) is 1.99. The SMILES string of the molecule is CC[C@H]1C[C@H]2C[C@H]3c4[nH]c5ccc(OC)c(Br)c5c4CCN(C2)C13. The van der Waals surface area contributed by atoms with Crippen molar-refractivity contribution in [2.75, 3.05) is 20.2 Å². The van der Waals surface area contributed by atoms with E-state index in [9.17, 15) is 0 Å². The first-order valence-electron chi connectivity index (χ1n) is 9.32. The van der Waals surface area contributed by atoms with E-state index >= 15 is 0 Å². The highest BCUT2D eigenvalue weighted by Gasteiger charge is 2.48. The molecule has 2 saturated heterocycles. The fraction of sp³-hybridized carbons (Fsp3) is 0.600. The van der Waals surface area contributed by atoms with Crippen LogP contribution in [0.4, 0.5) is 0 Å². The van der Waals surface area contributed by atoms with Gasteiger partial charge in [-0.15, -0.1) is 0 Å². The molecule has 1 saturated carbocycles. The predicted octanol–water partition coefficient (Wildman–Crippen LogP) is 4.70. The van der Waals surface area contributed by atoms with E-state index in [4.69, 9.17) is 4.74 Å². The zero-order valence-corrected chi connectivity index (χ0v) is 16.0. The summed E-state index contributed by atoms with van der Waals surface area (Å²) in [5.74, 6) is 3.38. The van der Waals surface area contributed by atoms with Crippen LogP contribution in [0.1, 0.15) is 43.4 Å². The van der Waals surface area contributed by atoms with Crippen molar-refractivity contribution in [2.24, 2.45) is 11.8 Å². The molecule has 2 aromatic rings. The van der Waals surface area contributed by atoms with Crippen molar-refractivity contribution >= 4 is 26.8 Å². The highest BCUT2D eigenvalue weighted by atomic mass is 79.9. The summed E-state index contributed by atoms with van der Waals surface area (Å²) in [5, 5.41) is 1.35. The number of nitrogens with zero attached hydrogens (tertiary/aromatic N) is 1. The van der Waals surface area contributed by atoms with Gasteiger partial charge in [-0.3, -0.25) is 4.90 Å². The van der Waals surface area contributed by atoms with Crippen LogP contribution >= 0.6 is 15.9 Å². The van der Waals surface area contributed by atoms with E-state index in [1.54, 1.807) is 7.11 Å². The molecule has 2 unspecified atom stereocenters. The number of halogens is 1. The van der Waals surface area contributed by atoms with Crippen molar-refractivity contribution in [2.45, 2.75) is 44.6 Å². The number of nitrogens with one attached hydrogen (secondary N) is 1. The largest absolute Gasteiger partial charge is 0.496 e. The highest BCUT2D eigenvalue weighted by molar-refractivity contribution is 9.10. The van der Waals surface area contributed by atoms with Crippen molar-refractivity contribution in [1.29, 1.82) is 0 Å². The Morgan fingerprint density at radius 1 is 1.33 bits per heavy atom. The molecule has 4 aliphatic rings. The normalized spacial score (nSPS) is 34.2. The van der Waals surface area contributed by atoms with Gasteiger partial charge in [0.2, 0.25) is 0 Å². The van der Waals surface area contributed by atoms with Gasteiger partial charge in [0, 0.05) is 41.6 Å². The number of benzene rings is 1. The molecule has 6 rings (SSSR count). The minimum Gasteiger partial charge on any atom is -0.496 e. The summed E-state index contributed by atoms with van der Waals surface area (Å²) in [7, 11) is 1.75. The van der Waals surface area contributed by atoms with Gasteiger partial charge < -0.3 is 9.72 Å². The minimum atomic E-state index is 0.685. The molecule has 1 aromatic heterocycles. The number of hydrogen-bond acceptors (Lipinski definition) is 2. The van der Waals surface area contributed by atoms with E-state index in [1.807, 2.05) is 0 Å². The fourth-order valence-corrected chi connectivity index (χ4v) is 6.63. The van der Waals surface area contributed by atoms with Crippen LogP contribution in [-0.2, 0) is 6.42 Å². The Bertz CT molecular complexity index is 799. The second kappa shape index (κ2) is 5.50. The Hall–Kier alpha value is -1.00. The average Bonchev–Trinajstić information content (AvgIpc) is 2.94. The molecule has 4 heteroatoms. The topological polar surface area (TPSA) is 28.3 Å². The first kappa shape index (κ1) is 15.3. The lowest BCUT2D eigenvalue weighted by molar-refractivity contribution is -0.0134. The molecule has 3 fully saturated rings. The Balaban J connectivity index is 1.70. The molecule has 4 heterocycles. The minimum absolute atomic E-state index is 0.685. The first-order valence-corrected chi connectivity index (χ1v) is 10.1. The summed E-state index contributed by atoms with van der Waals surface area (Å²) < 4.78 is 6.66. The van der Waals surface area contributed by atoms with E-state index < -0.39 is 0 Å². The Labute approximate surface area is 151 Å². The molecule has 0 spiro atoms. The van der Waals surface area contributed by atoms with Gasteiger partial charge in [0.05, 0.1) is 11.6 Å². The Morgan fingerprint density at radius 3 is 3.00 bits per heavy atom. The number of H-pyrrole nitrogens is 1. The molecular weight excluding hydrogens is 364 g/mol. The highest BCUT2D eigenvalue weighted by Crippen LogP contribution is 2.51. The fourth-order valence-electron chi connectivity index (χ4n) is 5.88. The molecule has 0 amide bonds. The molecular formula is C20H25BrN2O. The second-order valence-electron chi connectivity index (χ2n) is 7.87. The van der Waals surface area contributed by atoms with Gasteiger partial charge in [-0.1, -0.05) is 13.3 Å². The third-order valence-electron chi connectivity index (χ3n) is 6.80. The number of methoxy groups -OCH3 is 1. The van der Waals surface area contributed by atoms with Crippen molar-refractivity contribution in [3.63, 3.8) is 0 Å². The van der Waals surface area contributed by atoms with Crippen molar-refractivity contribution in [3.05, 3.63) is 27.9 Å². The summed E-state index contributed by atoms with van der Waals surface area (Å²) in [4.78, 5) is 6.63. The Kier molecular flexibility index (Phi) is 3.50. The van der Waals surface area contributed by atoms with Crippen LogP contribution < -0.4 is 4.74 Å². The summed E-state index contributed by atoms with van der Waals surface area (Å²) >= 11 is 3.81. The monoisotopic (exact) mass is 388 g/mol. The van der Waals surface area contributed by atoms with Gasteiger partial charge in [0.25, 0.3) is 0 Å². The van der Waals surface area contributed by atoms with Gasteiger partial charge in [0.15, 0.2) is 0 Å². The predicted molar refractivity (Wildman–Crippen MR) is 101 cm³/mol. The molecule has 4 bridgehead atoms. The maximum Gasteiger partial charge on any atom is 0.133 e. The van der Waals surface area contributed by atoms with E-state index in [0.29, 0.717) is 5.92 Å². The standard InChI is InChI=1S/C20H25BrN2O/c1-3-12-8-11-9-14-19-13(6-7-23(10-11)20(12)14)17-15(22-19)4-5-16(24-2)18(17)21/h4-5,11-12,14,20,22H,3,6-10H2,1-2H3/t11-,12-,14-,20?/m0/s1. The number of ether oxygens (including phenoxy) is 1. The van der Waals surface area contributed by atoms with Crippen LogP contribution in [0.2, 0.25) is 0 Å². The lowest BCUT2D eigenvalue weighted by atomic mass is 9.65. The zero-order valence-electron chi connectivity index (χ0n) is 14.4. The van der Waals surface area contributed by atoms with Crippen molar-refractivity contribution in [1.82, 2.24) is 9.88 Å². The van der Waals surface area contributed by atoms with Crippen LogP contribution in [0.15, 0.2) is 16.6 Å². The molecule has 0 radical (unpaired) electrons. The van der Waals surface area contributed by atoms with Crippen LogP contribution in [0.5, 0.6) is 5.75 Å². The maximum atomic E-state index is 5.54. The number of aromatic nitrogens is 1. The van der Waals surface area contributed by atoms with Crippen LogP contribution in [-0.4, -0.2) is 36.1 Å². The molecule has 128 valence electrons. The number of hydrogen-bond donors (Lipinski definition) is 1.